The Hall–Kier alpha value is -1.85. The van der Waals surface area contributed by atoms with Gasteiger partial charge in [0.1, 0.15) is 11.4 Å². The van der Waals surface area contributed by atoms with Gasteiger partial charge in [-0.05, 0) is 20.8 Å². The molecule has 1 aromatic rings. The van der Waals surface area contributed by atoms with Gasteiger partial charge in [-0.1, -0.05) is 0 Å². The largest absolute Gasteiger partial charge is 0.368 e. The summed E-state index contributed by atoms with van der Waals surface area (Å²) >= 11 is 0. The van der Waals surface area contributed by atoms with Crippen molar-refractivity contribution in [3.8, 4) is 0 Å². The maximum Gasteiger partial charge on any atom is 0.242 e. The van der Waals surface area contributed by atoms with Crippen LogP contribution >= 0.6 is 0 Å². The molecular weight excluding hydrogens is 194 g/mol. The molecule has 0 saturated heterocycles. The number of hydrogen-bond donors (Lipinski definition) is 3. The molecule has 1 amide bonds. The number of nitrogens with one attached hydrogen (secondary N) is 1. The highest BCUT2D eigenvalue weighted by molar-refractivity contribution is 5.86. The van der Waals surface area contributed by atoms with Gasteiger partial charge in [-0.3, -0.25) is 4.79 Å². The molecule has 0 aliphatic rings. The van der Waals surface area contributed by atoms with Crippen molar-refractivity contribution in [1.82, 2.24) is 9.97 Å². The van der Waals surface area contributed by atoms with Crippen molar-refractivity contribution in [2.75, 3.05) is 11.1 Å². The smallest absolute Gasteiger partial charge is 0.242 e. The monoisotopic (exact) mass is 209 g/mol. The number of nitrogens with two attached hydrogens (primary N) is 2. The van der Waals surface area contributed by atoms with Gasteiger partial charge in [-0.15, -0.1) is 0 Å². The second-order valence-corrected chi connectivity index (χ2v) is 3.87. The predicted molar refractivity (Wildman–Crippen MR) is 58.1 cm³/mol. The van der Waals surface area contributed by atoms with Crippen LogP contribution in [0.4, 0.5) is 11.8 Å². The molecule has 1 heterocycles. The highest BCUT2D eigenvalue weighted by Crippen LogP contribution is 2.16. The van der Waals surface area contributed by atoms with Crippen LogP contribution in [-0.4, -0.2) is 21.4 Å². The fourth-order valence-corrected chi connectivity index (χ4v) is 0.940. The Kier molecular flexibility index (Phi) is 2.78. The van der Waals surface area contributed by atoms with Crippen molar-refractivity contribution in [2.24, 2.45) is 5.73 Å². The number of rotatable bonds is 3. The van der Waals surface area contributed by atoms with Gasteiger partial charge >= 0.3 is 0 Å². The Labute approximate surface area is 88.1 Å². The summed E-state index contributed by atoms with van der Waals surface area (Å²) in [6.45, 7) is 5.17. The van der Waals surface area contributed by atoms with Crippen molar-refractivity contribution in [2.45, 2.75) is 26.3 Å². The summed E-state index contributed by atoms with van der Waals surface area (Å²) in [4.78, 5) is 18.9. The second-order valence-electron chi connectivity index (χ2n) is 3.87. The average Bonchev–Trinajstić information content (AvgIpc) is 2.10. The molecule has 1 aromatic heterocycles. The maximum absolute atomic E-state index is 11.1. The van der Waals surface area contributed by atoms with Crippen molar-refractivity contribution in [3.63, 3.8) is 0 Å². The standard InChI is InChI=1S/C9H15N5O/c1-5-4-12-8(11)13-6(5)14-9(2,3)7(10)15/h4H,1-3H3,(H2,10,15)(H3,11,12,13,14). The van der Waals surface area contributed by atoms with Crippen LogP contribution in [0.15, 0.2) is 6.20 Å². The SMILES string of the molecule is Cc1cnc(N)nc1NC(C)(C)C(N)=O. The summed E-state index contributed by atoms with van der Waals surface area (Å²) in [5.74, 6) is 0.216. The zero-order valence-corrected chi connectivity index (χ0v) is 9.03. The van der Waals surface area contributed by atoms with Crippen molar-refractivity contribution < 1.29 is 4.79 Å². The minimum atomic E-state index is -0.869. The number of carbonyl (C=O) groups is 1. The van der Waals surface area contributed by atoms with E-state index in [1.165, 1.54) is 0 Å². The molecule has 0 aromatic carbocycles. The molecule has 82 valence electrons. The third-order valence-corrected chi connectivity index (χ3v) is 2.04. The van der Waals surface area contributed by atoms with E-state index >= 15 is 0 Å². The number of primary amides is 1. The van der Waals surface area contributed by atoms with Crippen molar-refractivity contribution in [1.29, 1.82) is 0 Å². The number of anilines is 2. The number of nitrogen functional groups attached to an aromatic ring is 1. The zero-order valence-electron chi connectivity index (χ0n) is 9.03. The lowest BCUT2D eigenvalue weighted by Gasteiger charge is -2.23. The minimum absolute atomic E-state index is 0.156. The summed E-state index contributed by atoms with van der Waals surface area (Å²) < 4.78 is 0. The molecule has 5 N–H and O–H groups in total. The highest BCUT2D eigenvalue weighted by Gasteiger charge is 2.25. The molecule has 0 unspecified atom stereocenters. The quantitative estimate of drug-likeness (QED) is 0.651. The highest BCUT2D eigenvalue weighted by atomic mass is 16.1. The molecule has 15 heavy (non-hydrogen) atoms. The zero-order chi connectivity index (χ0) is 11.6. The van der Waals surface area contributed by atoms with E-state index in [-0.39, 0.29) is 5.95 Å². The lowest BCUT2D eigenvalue weighted by Crippen LogP contribution is -2.45. The summed E-state index contributed by atoms with van der Waals surface area (Å²) in [5.41, 5.74) is 10.6. The summed E-state index contributed by atoms with van der Waals surface area (Å²) in [7, 11) is 0. The number of aryl methyl sites for hydroxylation is 1. The van der Waals surface area contributed by atoms with E-state index in [0.717, 1.165) is 5.56 Å². The van der Waals surface area contributed by atoms with Crippen LogP contribution in [0.2, 0.25) is 0 Å². The molecule has 6 nitrogen and oxygen atoms in total. The van der Waals surface area contributed by atoms with Gasteiger partial charge in [-0.25, -0.2) is 4.98 Å². The molecular formula is C9H15N5O. The van der Waals surface area contributed by atoms with Crippen LogP contribution < -0.4 is 16.8 Å². The van der Waals surface area contributed by atoms with Crippen LogP contribution in [-0.2, 0) is 4.79 Å². The van der Waals surface area contributed by atoms with Crippen LogP contribution in [0.5, 0.6) is 0 Å². The lowest BCUT2D eigenvalue weighted by molar-refractivity contribution is -0.121. The van der Waals surface area contributed by atoms with Crippen molar-refractivity contribution >= 4 is 17.7 Å². The average molecular weight is 209 g/mol. The fraction of sp³-hybridized carbons (Fsp3) is 0.444. The van der Waals surface area contributed by atoms with Crippen molar-refractivity contribution in [3.05, 3.63) is 11.8 Å². The van der Waals surface area contributed by atoms with Gasteiger partial charge in [0, 0.05) is 11.8 Å². The van der Waals surface area contributed by atoms with E-state index in [1.54, 1.807) is 20.0 Å². The Bertz CT molecular complexity index is 388. The van der Waals surface area contributed by atoms with E-state index < -0.39 is 11.4 Å². The summed E-state index contributed by atoms with van der Waals surface area (Å²) in [6.07, 6.45) is 1.59. The fourth-order valence-electron chi connectivity index (χ4n) is 0.940. The molecule has 0 aliphatic heterocycles. The van der Waals surface area contributed by atoms with Gasteiger partial charge in [0.15, 0.2) is 0 Å². The predicted octanol–water partition coefficient (Wildman–Crippen LogP) is 0.0430. The van der Waals surface area contributed by atoms with Gasteiger partial charge in [0.05, 0.1) is 0 Å². The molecule has 6 heteroatoms. The van der Waals surface area contributed by atoms with E-state index in [0.29, 0.717) is 5.82 Å². The van der Waals surface area contributed by atoms with Gasteiger partial charge in [0.2, 0.25) is 11.9 Å². The van der Waals surface area contributed by atoms with E-state index in [4.69, 9.17) is 11.5 Å². The third-order valence-electron chi connectivity index (χ3n) is 2.04. The Balaban J connectivity index is 2.99. The van der Waals surface area contributed by atoms with Crippen LogP contribution in [0.3, 0.4) is 0 Å². The second kappa shape index (κ2) is 3.72. The van der Waals surface area contributed by atoms with Gasteiger partial charge in [-0.2, -0.15) is 4.98 Å². The van der Waals surface area contributed by atoms with Crippen LogP contribution in [0.1, 0.15) is 19.4 Å². The lowest BCUT2D eigenvalue weighted by atomic mass is 10.1. The molecule has 0 aliphatic carbocycles. The number of nitrogens with zero attached hydrogens (tertiary/aromatic N) is 2. The third kappa shape index (κ3) is 2.55. The summed E-state index contributed by atoms with van der Waals surface area (Å²) in [5, 5.41) is 2.92. The molecule has 0 atom stereocenters. The number of carbonyl (C=O) groups excluding carboxylic acids is 1. The topological polar surface area (TPSA) is 107 Å². The van der Waals surface area contributed by atoms with E-state index in [1.807, 2.05) is 6.92 Å². The van der Waals surface area contributed by atoms with Crippen LogP contribution in [0.25, 0.3) is 0 Å². The molecule has 0 fully saturated rings. The Morgan fingerprint density at radius 3 is 2.67 bits per heavy atom. The first-order valence-corrected chi connectivity index (χ1v) is 4.50. The molecule has 0 spiro atoms. The number of hydrogen-bond acceptors (Lipinski definition) is 5. The Morgan fingerprint density at radius 1 is 1.53 bits per heavy atom. The van der Waals surface area contributed by atoms with Crippen LogP contribution in [0, 0.1) is 6.92 Å². The van der Waals surface area contributed by atoms with E-state index in [9.17, 15) is 4.79 Å². The number of amides is 1. The normalized spacial score (nSPS) is 11.1. The number of aromatic nitrogens is 2. The molecule has 0 bridgehead atoms. The first-order chi connectivity index (χ1) is 6.83. The maximum atomic E-state index is 11.1. The van der Waals surface area contributed by atoms with Gasteiger partial charge in [0.25, 0.3) is 0 Å². The first-order valence-electron chi connectivity index (χ1n) is 4.50. The Morgan fingerprint density at radius 2 is 2.13 bits per heavy atom. The van der Waals surface area contributed by atoms with E-state index in [2.05, 4.69) is 15.3 Å². The summed E-state index contributed by atoms with van der Waals surface area (Å²) in [6, 6.07) is 0. The first kappa shape index (κ1) is 11.2. The molecule has 1 rings (SSSR count). The van der Waals surface area contributed by atoms with Gasteiger partial charge < -0.3 is 16.8 Å². The minimum Gasteiger partial charge on any atom is -0.368 e. The molecule has 0 saturated carbocycles. The molecule has 0 radical (unpaired) electrons.